The Hall–Kier alpha value is -2.63. The van der Waals surface area contributed by atoms with Crippen LogP contribution >= 0.6 is 0 Å². The summed E-state index contributed by atoms with van der Waals surface area (Å²) in [5.41, 5.74) is 0.628. The Morgan fingerprint density at radius 3 is 2.55 bits per heavy atom. The number of hydrogen-bond acceptors (Lipinski definition) is 5. The Morgan fingerprint density at radius 2 is 2.00 bits per heavy atom. The van der Waals surface area contributed by atoms with E-state index in [4.69, 9.17) is 4.74 Å². The maximum absolute atomic E-state index is 11.6. The molecule has 0 aromatic carbocycles. The summed E-state index contributed by atoms with van der Waals surface area (Å²) in [6, 6.07) is 4.32. The molecule has 0 saturated heterocycles. The minimum atomic E-state index is -0.302. The van der Waals surface area contributed by atoms with Gasteiger partial charge in [-0.2, -0.15) is 0 Å². The van der Waals surface area contributed by atoms with E-state index in [1.54, 1.807) is 12.3 Å². The Labute approximate surface area is 129 Å². The van der Waals surface area contributed by atoms with E-state index in [0.29, 0.717) is 11.9 Å². The van der Waals surface area contributed by atoms with Gasteiger partial charge in [-0.3, -0.25) is 4.79 Å². The van der Waals surface area contributed by atoms with Gasteiger partial charge in [0.15, 0.2) is 0 Å². The summed E-state index contributed by atoms with van der Waals surface area (Å²) in [5, 5.41) is 0. The molecular weight excluding hydrogens is 280 g/mol. The van der Waals surface area contributed by atoms with Crippen LogP contribution in [-0.4, -0.2) is 35.2 Å². The van der Waals surface area contributed by atoms with Gasteiger partial charge < -0.3 is 14.6 Å². The Balaban J connectivity index is 2.13. The molecular formula is C16H20N4O2. The van der Waals surface area contributed by atoms with E-state index >= 15 is 0 Å². The lowest BCUT2D eigenvalue weighted by atomic mass is 10.2. The molecule has 0 fully saturated rings. The second-order valence-corrected chi connectivity index (χ2v) is 5.15. The first-order chi connectivity index (χ1) is 10.5. The minimum Gasteiger partial charge on any atom is -0.490 e. The van der Waals surface area contributed by atoms with E-state index in [1.807, 2.05) is 25.3 Å². The van der Waals surface area contributed by atoms with Crippen molar-refractivity contribution >= 4 is 18.0 Å². The van der Waals surface area contributed by atoms with Crippen molar-refractivity contribution in [2.24, 2.45) is 0 Å². The summed E-state index contributed by atoms with van der Waals surface area (Å²) in [7, 11) is 3.44. The summed E-state index contributed by atoms with van der Waals surface area (Å²) in [6.45, 7) is 4.22. The number of ether oxygens (including phenoxy) is 1. The van der Waals surface area contributed by atoms with Crippen LogP contribution in [0, 0.1) is 0 Å². The lowest BCUT2D eigenvalue weighted by Gasteiger charge is -2.22. The van der Waals surface area contributed by atoms with Gasteiger partial charge in [-0.25, -0.2) is 9.97 Å². The van der Waals surface area contributed by atoms with E-state index in [0.717, 1.165) is 11.4 Å². The molecule has 0 aliphatic carbocycles. The second kappa shape index (κ2) is 6.89. The summed E-state index contributed by atoms with van der Waals surface area (Å²) in [6.07, 6.45) is 6.75. The van der Waals surface area contributed by atoms with E-state index in [1.165, 1.54) is 13.3 Å². The van der Waals surface area contributed by atoms with Crippen molar-refractivity contribution in [1.29, 1.82) is 0 Å². The molecule has 0 spiro atoms. The van der Waals surface area contributed by atoms with Gasteiger partial charge in [0.05, 0.1) is 13.3 Å². The van der Waals surface area contributed by atoms with Gasteiger partial charge in [-0.1, -0.05) is 0 Å². The number of aromatic nitrogens is 3. The molecule has 0 radical (unpaired) electrons. The molecule has 0 aliphatic rings. The third kappa shape index (κ3) is 3.72. The molecule has 0 saturated carbocycles. The highest BCUT2D eigenvalue weighted by Crippen LogP contribution is 2.13. The van der Waals surface area contributed by atoms with Gasteiger partial charge in [0.1, 0.15) is 11.6 Å². The number of H-pyrrole nitrogens is 1. The minimum absolute atomic E-state index is 0.194. The normalized spacial score (nSPS) is 11.1. The Kier molecular flexibility index (Phi) is 4.93. The zero-order valence-corrected chi connectivity index (χ0v) is 13.2. The number of nitrogens with zero attached hydrogens (tertiary/aromatic N) is 3. The number of anilines is 1. The Bertz CT molecular complexity index is 705. The highest BCUT2D eigenvalue weighted by molar-refractivity contribution is 5.66. The molecule has 0 atom stereocenters. The fourth-order valence-corrected chi connectivity index (χ4v) is 1.77. The molecule has 2 heterocycles. The zero-order chi connectivity index (χ0) is 16.1. The first-order valence-corrected chi connectivity index (χ1v) is 7.01. The van der Waals surface area contributed by atoms with E-state index in [2.05, 4.69) is 33.7 Å². The topological polar surface area (TPSA) is 71.1 Å². The summed E-state index contributed by atoms with van der Waals surface area (Å²) < 4.78 is 4.87. The molecule has 2 aromatic rings. The number of pyridine rings is 1. The van der Waals surface area contributed by atoms with Gasteiger partial charge in [-0.15, -0.1) is 0 Å². The van der Waals surface area contributed by atoms with Crippen molar-refractivity contribution in [3.8, 4) is 5.75 Å². The number of nitrogens with one attached hydrogen (secondary N) is 1. The molecule has 22 heavy (non-hydrogen) atoms. The first kappa shape index (κ1) is 15.8. The first-order valence-electron chi connectivity index (χ1n) is 7.01. The average Bonchev–Trinajstić information content (AvgIpc) is 2.52. The van der Waals surface area contributed by atoms with Gasteiger partial charge >= 0.3 is 0 Å². The molecule has 2 aromatic heterocycles. The third-order valence-corrected chi connectivity index (χ3v) is 3.35. The molecule has 6 heteroatoms. The molecule has 6 nitrogen and oxygen atoms in total. The molecule has 1 N–H and O–H groups in total. The van der Waals surface area contributed by atoms with E-state index in [9.17, 15) is 4.79 Å². The van der Waals surface area contributed by atoms with E-state index < -0.39 is 0 Å². The molecule has 0 unspecified atom stereocenters. The fourth-order valence-electron chi connectivity index (χ4n) is 1.77. The number of aromatic amines is 1. The zero-order valence-electron chi connectivity index (χ0n) is 13.2. The van der Waals surface area contributed by atoms with Crippen LogP contribution in [0.2, 0.25) is 0 Å². The average molecular weight is 300 g/mol. The van der Waals surface area contributed by atoms with Crippen molar-refractivity contribution < 1.29 is 4.74 Å². The highest BCUT2D eigenvalue weighted by atomic mass is 16.5. The van der Waals surface area contributed by atoms with Crippen LogP contribution in [0.15, 0.2) is 29.3 Å². The van der Waals surface area contributed by atoms with Crippen molar-refractivity contribution in [3.63, 3.8) is 0 Å². The van der Waals surface area contributed by atoms with Crippen molar-refractivity contribution in [3.05, 3.63) is 46.3 Å². The summed E-state index contributed by atoms with van der Waals surface area (Å²) in [5.74, 6) is 1.58. The lowest BCUT2D eigenvalue weighted by molar-refractivity contribution is 0.406. The predicted octanol–water partition coefficient (Wildman–Crippen LogP) is 2.19. The molecule has 116 valence electrons. The largest absolute Gasteiger partial charge is 0.490 e. The molecule has 0 aliphatic heterocycles. The fraction of sp³-hybridized carbons (Fsp3) is 0.312. The second-order valence-electron chi connectivity index (χ2n) is 5.15. The van der Waals surface area contributed by atoms with Gasteiger partial charge in [-0.05, 0) is 43.7 Å². The van der Waals surface area contributed by atoms with Gasteiger partial charge in [0.25, 0.3) is 5.56 Å². The predicted molar refractivity (Wildman–Crippen MR) is 88.1 cm³/mol. The van der Waals surface area contributed by atoms with Crippen LogP contribution in [0.25, 0.3) is 12.2 Å². The van der Waals surface area contributed by atoms with Crippen LogP contribution < -0.4 is 15.2 Å². The van der Waals surface area contributed by atoms with Crippen LogP contribution in [0.1, 0.15) is 25.2 Å². The third-order valence-electron chi connectivity index (χ3n) is 3.35. The number of methoxy groups -OCH3 is 1. The van der Waals surface area contributed by atoms with Crippen LogP contribution in [0.5, 0.6) is 5.75 Å². The van der Waals surface area contributed by atoms with Gasteiger partial charge in [0.2, 0.25) is 5.75 Å². The smallest absolute Gasteiger partial charge is 0.293 e. The maximum atomic E-state index is 11.6. The molecule has 0 bridgehead atoms. The summed E-state index contributed by atoms with van der Waals surface area (Å²) in [4.78, 5) is 24.8. The van der Waals surface area contributed by atoms with Crippen molar-refractivity contribution in [1.82, 2.24) is 15.0 Å². The quantitative estimate of drug-likeness (QED) is 0.916. The standard InChI is InChI=1S/C16H20N4O2/c1-11(2)20(3)15-8-6-12(9-18-15)5-7-14-17-10-13(22-4)16(21)19-14/h5-11H,1-4H3,(H,17,19,21). The van der Waals surface area contributed by atoms with Crippen molar-refractivity contribution in [2.75, 3.05) is 19.1 Å². The Morgan fingerprint density at radius 1 is 1.23 bits per heavy atom. The van der Waals surface area contributed by atoms with Crippen molar-refractivity contribution in [2.45, 2.75) is 19.9 Å². The van der Waals surface area contributed by atoms with Crippen LogP contribution in [0.4, 0.5) is 5.82 Å². The lowest BCUT2D eigenvalue weighted by Crippen LogP contribution is -2.26. The summed E-state index contributed by atoms with van der Waals surface area (Å²) >= 11 is 0. The van der Waals surface area contributed by atoms with Crippen LogP contribution in [-0.2, 0) is 0 Å². The van der Waals surface area contributed by atoms with Gasteiger partial charge in [0, 0.05) is 19.3 Å². The van der Waals surface area contributed by atoms with E-state index in [-0.39, 0.29) is 11.3 Å². The number of rotatable bonds is 5. The SMILES string of the molecule is COc1cnc(C=Cc2ccc(N(C)C(C)C)nc2)[nH]c1=O. The maximum Gasteiger partial charge on any atom is 0.293 e. The monoisotopic (exact) mass is 300 g/mol. The molecule has 0 amide bonds. The molecule has 2 rings (SSSR count). The highest BCUT2D eigenvalue weighted by Gasteiger charge is 2.05. The van der Waals surface area contributed by atoms with Crippen LogP contribution in [0.3, 0.4) is 0 Å². The number of hydrogen-bond donors (Lipinski definition) is 1.